The molecule has 1 aliphatic heterocycles. The summed E-state index contributed by atoms with van der Waals surface area (Å²) in [6.45, 7) is 9.74. The number of para-hydroxylation sites is 1. The number of anilines is 1. The predicted molar refractivity (Wildman–Crippen MR) is 73.5 cm³/mol. The van der Waals surface area contributed by atoms with Crippen LogP contribution in [0.1, 0.15) is 12.5 Å². The van der Waals surface area contributed by atoms with Crippen LogP contribution in [0.5, 0.6) is 0 Å². The van der Waals surface area contributed by atoms with E-state index in [4.69, 9.17) is 5.73 Å². The van der Waals surface area contributed by atoms with Crippen LogP contribution >= 0.6 is 0 Å². The van der Waals surface area contributed by atoms with Crippen molar-refractivity contribution < 1.29 is 0 Å². The van der Waals surface area contributed by atoms with E-state index < -0.39 is 0 Å². The quantitative estimate of drug-likeness (QED) is 0.858. The van der Waals surface area contributed by atoms with Crippen LogP contribution in [-0.2, 0) is 0 Å². The molecule has 0 spiro atoms. The molecule has 94 valence electrons. The highest BCUT2D eigenvalue weighted by Crippen LogP contribution is 2.20. The van der Waals surface area contributed by atoms with Crippen molar-refractivity contribution >= 4 is 5.69 Å². The molecule has 2 N–H and O–H groups in total. The Labute approximate surface area is 104 Å². The smallest absolute Gasteiger partial charge is 0.0396 e. The molecule has 1 aliphatic rings. The second kappa shape index (κ2) is 5.52. The van der Waals surface area contributed by atoms with Crippen molar-refractivity contribution in [2.75, 3.05) is 37.6 Å². The van der Waals surface area contributed by atoms with Crippen molar-refractivity contribution in [3.8, 4) is 0 Å². The predicted octanol–water partition coefficient (Wildman–Crippen LogP) is 1.46. The first-order valence-corrected chi connectivity index (χ1v) is 6.45. The Morgan fingerprint density at radius 2 is 1.82 bits per heavy atom. The van der Waals surface area contributed by atoms with Gasteiger partial charge in [-0.3, -0.25) is 4.90 Å². The van der Waals surface area contributed by atoms with E-state index in [-0.39, 0.29) is 6.04 Å². The second-order valence-corrected chi connectivity index (χ2v) is 5.05. The van der Waals surface area contributed by atoms with E-state index in [0.717, 1.165) is 32.7 Å². The van der Waals surface area contributed by atoms with Gasteiger partial charge in [0, 0.05) is 44.5 Å². The maximum absolute atomic E-state index is 5.84. The Morgan fingerprint density at radius 3 is 2.41 bits per heavy atom. The van der Waals surface area contributed by atoms with Crippen molar-refractivity contribution in [2.45, 2.75) is 19.9 Å². The number of benzene rings is 1. The summed E-state index contributed by atoms with van der Waals surface area (Å²) < 4.78 is 0. The highest BCUT2D eigenvalue weighted by molar-refractivity contribution is 5.53. The summed E-state index contributed by atoms with van der Waals surface area (Å²) in [5.74, 6) is 0. The van der Waals surface area contributed by atoms with Gasteiger partial charge in [-0.2, -0.15) is 0 Å². The summed E-state index contributed by atoms with van der Waals surface area (Å²) >= 11 is 0. The molecule has 2 rings (SSSR count). The summed E-state index contributed by atoms with van der Waals surface area (Å²) in [4.78, 5) is 4.94. The number of nitrogens with two attached hydrogens (primary N) is 1. The Bertz CT molecular complexity index is 354. The average Bonchev–Trinajstić information content (AvgIpc) is 2.30. The van der Waals surface area contributed by atoms with Crippen molar-refractivity contribution in [2.24, 2.45) is 5.73 Å². The van der Waals surface area contributed by atoms with E-state index >= 15 is 0 Å². The second-order valence-electron chi connectivity index (χ2n) is 5.05. The lowest BCUT2D eigenvalue weighted by atomic mass is 10.1. The van der Waals surface area contributed by atoms with E-state index in [1.807, 2.05) is 0 Å². The van der Waals surface area contributed by atoms with Crippen LogP contribution in [0.15, 0.2) is 24.3 Å². The SMILES string of the molecule is Cc1ccccc1N1CCN(CC(C)N)CC1. The van der Waals surface area contributed by atoms with Gasteiger partial charge in [0.2, 0.25) is 0 Å². The molecule has 0 aromatic heterocycles. The fraction of sp³-hybridized carbons (Fsp3) is 0.571. The first-order valence-electron chi connectivity index (χ1n) is 6.45. The van der Waals surface area contributed by atoms with Crippen LogP contribution in [0.25, 0.3) is 0 Å². The van der Waals surface area contributed by atoms with Gasteiger partial charge in [0.1, 0.15) is 0 Å². The third-order valence-corrected chi connectivity index (χ3v) is 3.37. The summed E-state index contributed by atoms with van der Waals surface area (Å²) in [7, 11) is 0. The van der Waals surface area contributed by atoms with E-state index in [1.54, 1.807) is 0 Å². The number of rotatable bonds is 3. The van der Waals surface area contributed by atoms with E-state index in [2.05, 4.69) is 47.9 Å². The van der Waals surface area contributed by atoms with Gasteiger partial charge in [0.05, 0.1) is 0 Å². The van der Waals surface area contributed by atoms with Gasteiger partial charge in [-0.25, -0.2) is 0 Å². The zero-order valence-electron chi connectivity index (χ0n) is 10.9. The molecule has 0 saturated carbocycles. The minimum Gasteiger partial charge on any atom is -0.369 e. The molecule has 3 heteroatoms. The average molecular weight is 233 g/mol. The fourth-order valence-corrected chi connectivity index (χ4v) is 2.50. The molecule has 1 saturated heterocycles. The Hall–Kier alpha value is -1.06. The molecule has 3 nitrogen and oxygen atoms in total. The van der Waals surface area contributed by atoms with E-state index in [1.165, 1.54) is 11.3 Å². The van der Waals surface area contributed by atoms with Gasteiger partial charge in [-0.05, 0) is 25.5 Å². The van der Waals surface area contributed by atoms with E-state index in [0.29, 0.717) is 0 Å². The van der Waals surface area contributed by atoms with Gasteiger partial charge in [0.15, 0.2) is 0 Å². The van der Waals surface area contributed by atoms with Crippen LogP contribution < -0.4 is 10.6 Å². The number of hydrogen-bond donors (Lipinski definition) is 1. The first-order chi connectivity index (χ1) is 8.16. The van der Waals surface area contributed by atoms with Gasteiger partial charge >= 0.3 is 0 Å². The Balaban J connectivity index is 1.93. The molecule has 0 aliphatic carbocycles. The lowest BCUT2D eigenvalue weighted by molar-refractivity contribution is 0.246. The molecule has 1 aromatic rings. The van der Waals surface area contributed by atoms with Gasteiger partial charge < -0.3 is 10.6 Å². The largest absolute Gasteiger partial charge is 0.369 e. The third-order valence-electron chi connectivity index (χ3n) is 3.37. The number of nitrogens with zero attached hydrogens (tertiary/aromatic N) is 2. The van der Waals surface area contributed by atoms with Gasteiger partial charge in [-0.15, -0.1) is 0 Å². The Morgan fingerprint density at radius 1 is 1.18 bits per heavy atom. The van der Waals surface area contributed by atoms with Crippen molar-refractivity contribution in [3.05, 3.63) is 29.8 Å². The van der Waals surface area contributed by atoms with Crippen molar-refractivity contribution in [1.29, 1.82) is 0 Å². The summed E-state index contributed by atoms with van der Waals surface area (Å²) in [6, 6.07) is 8.90. The van der Waals surface area contributed by atoms with Crippen LogP contribution in [0, 0.1) is 6.92 Å². The van der Waals surface area contributed by atoms with Crippen LogP contribution in [0.3, 0.4) is 0 Å². The van der Waals surface area contributed by atoms with Crippen LogP contribution in [-0.4, -0.2) is 43.7 Å². The topological polar surface area (TPSA) is 32.5 Å². The molecule has 1 aromatic carbocycles. The fourth-order valence-electron chi connectivity index (χ4n) is 2.50. The number of piperazine rings is 1. The van der Waals surface area contributed by atoms with Crippen LogP contribution in [0.2, 0.25) is 0 Å². The van der Waals surface area contributed by atoms with Gasteiger partial charge in [-0.1, -0.05) is 18.2 Å². The van der Waals surface area contributed by atoms with Crippen LogP contribution in [0.4, 0.5) is 5.69 Å². The molecule has 17 heavy (non-hydrogen) atoms. The molecule has 1 fully saturated rings. The molecular formula is C14H23N3. The lowest BCUT2D eigenvalue weighted by Crippen LogP contribution is -2.49. The Kier molecular flexibility index (Phi) is 4.02. The van der Waals surface area contributed by atoms with Gasteiger partial charge in [0.25, 0.3) is 0 Å². The highest BCUT2D eigenvalue weighted by atomic mass is 15.3. The normalized spacial score (nSPS) is 19.4. The summed E-state index contributed by atoms with van der Waals surface area (Å²) in [5.41, 5.74) is 8.59. The zero-order valence-corrected chi connectivity index (χ0v) is 10.9. The standard InChI is InChI=1S/C14H23N3/c1-12-5-3-4-6-14(12)17-9-7-16(8-10-17)11-13(2)15/h3-6,13H,7-11,15H2,1-2H3. The lowest BCUT2D eigenvalue weighted by Gasteiger charge is -2.37. The third kappa shape index (κ3) is 3.20. The van der Waals surface area contributed by atoms with E-state index in [9.17, 15) is 0 Å². The maximum Gasteiger partial charge on any atom is 0.0396 e. The first kappa shape index (κ1) is 12.4. The summed E-state index contributed by atoms with van der Waals surface area (Å²) in [6.07, 6.45) is 0. The minimum atomic E-state index is 0.278. The molecular weight excluding hydrogens is 210 g/mol. The number of aryl methyl sites for hydroxylation is 1. The number of hydrogen-bond acceptors (Lipinski definition) is 3. The molecule has 1 atom stereocenters. The van der Waals surface area contributed by atoms with Crippen molar-refractivity contribution in [3.63, 3.8) is 0 Å². The molecule has 0 bridgehead atoms. The molecule has 0 amide bonds. The molecule has 1 unspecified atom stereocenters. The molecule has 1 heterocycles. The van der Waals surface area contributed by atoms with Crippen molar-refractivity contribution in [1.82, 2.24) is 4.90 Å². The maximum atomic E-state index is 5.84. The molecule has 0 radical (unpaired) electrons. The summed E-state index contributed by atoms with van der Waals surface area (Å²) in [5, 5.41) is 0. The highest BCUT2D eigenvalue weighted by Gasteiger charge is 2.18. The minimum absolute atomic E-state index is 0.278. The zero-order chi connectivity index (χ0) is 12.3. The monoisotopic (exact) mass is 233 g/mol.